The largest absolute Gasteiger partial charge is 0.381 e. The first-order chi connectivity index (χ1) is 13.7. The van der Waals surface area contributed by atoms with Crippen molar-refractivity contribution in [2.75, 3.05) is 19.8 Å². The van der Waals surface area contributed by atoms with Crippen LogP contribution in [-0.2, 0) is 21.5 Å². The molecule has 0 aliphatic carbocycles. The Hall–Kier alpha value is -2.37. The van der Waals surface area contributed by atoms with Gasteiger partial charge in [0, 0.05) is 31.3 Å². The lowest BCUT2D eigenvalue weighted by Gasteiger charge is -2.36. The SMILES string of the molecule is O=C(NCCCn1cnc2ccccc21)C1(c2ccc(Cl)cc2)CCOCC1. The molecule has 1 aliphatic rings. The minimum Gasteiger partial charge on any atom is -0.381 e. The molecule has 28 heavy (non-hydrogen) atoms. The van der Waals surface area contributed by atoms with Crippen molar-refractivity contribution in [3.8, 4) is 0 Å². The third kappa shape index (κ3) is 3.77. The number of aryl methyl sites for hydroxylation is 1. The predicted octanol–water partition coefficient (Wildman–Crippen LogP) is 3.94. The Morgan fingerprint density at radius 2 is 1.89 bits per heavy atom. The zero-order valence-corrected chi connectivity index (χ0v) is 16.5. The van der Waals surface area contributed by atoms with Gasteiger partial charge in [0.05, 0.1) is 22.8 Å². The molecule has 0 radical (unpaired) electrons. The van der Waals surface area contributed by atoms with Crippen molar-refractivity contribution < 1.29 is 9.53 Å². The molecule has 0 bridgehead atoms. The van der Waals surface area contributed by atoms with Crippen LogP contribution in [0, 0.1) is 0 Å². The minimum absolute atomic E-state index is 0.0774. The number of halogens is 1. The normalized spacial score (nSPS) is 16.2. The number of amides is 1. The number of fused-ring (bicyclic) bond motifs is 1. The molecule has 1 aromatic heterocycles. The number of aromatic nitrogens is 2. The van der Waals surface area contributed by atoms with E-state index in [1.807, 2.05) is 48.8 Å². The van der Waals surface area contributed by atoms with E-state index in [1.165, 1.54) is 0 Å². The Morgan fingerprint density at radius 3 is 2.68 bits per heavy atom. The summed E-state index contributed by atoms with van der Waals surface area (Å²) in [4.78, 5) is 17.6. The average Bonchev–Trinajstić information content (AvgIpc) is 3.15. The number of carbonyl (C=O) groups excluding carboxylic acids is 1. The van der Waals surface area contributed by atoms with E-state index in [-0.39, 0.29) is 5.91 Å². The number of hydrogen-bond donors (Lipinski definition) is 1. The number of nitrogens with zero attached hydrogens (tertiary/aromatic N) is 2. The smallest absolute Gasteiger partial charge is 0.230 e. The van der Waals surface area contributed by atoms with Gasteiger partial charge in [-0.3, -0.25) is 4.79 Å². The van der Waals surface area contributed by atoms with Crippen molar-refractivity contribution in [2.24, 2.45) is 0 Å². The van der Waals surface area contributed by atoms with Gasteiger partial charge in [0.2, 0.25) is 5.91 Å². The third-order valence-corrected chi connectivity index (χ3v) is 5.82. The summed E-state index contributed by atoms with van der Waals surface area (Å²) in [5, 5.41) is 3.84. The van der Waals surface area contributed by atoms with Gasteiger partial charge in [-0.25, -0.2) is 4.98 Å². The molecule has 4 rings (SSSR count). The van der Waals surface area contributed by atoms with Crippen molar-refractivity contribution >= 4 is 28.5 Å². The highest BCUT2D eigenvalue weighted by Crippen LogP contribution is 2.35. The summed E-state index contributed by atoms with van der Waals surface area (Å²) < 4.78 is 7.65. The maximum absolute atomic E-state index is 13.2. The van der Waals surface area contributed by atoms with Gasteiger partial charge in [0.25, 0.3) is 0 Å². The monoisotopic (exact) mass is 397 g/mol. The fourth-order valence-corrected chi connectivity index (χ4v) is 4.07. The molecule has 0 saturated carbocycles. The van der Waals surface area contributed by atoms with E-state index in [4.69, 9.17) is 16.3 Å². The molecule has 2 aromatic carbocycles. The number of carbonyl (C=O) groups is 1. The van der Waals surface area contributed by atoms with E-state index in [0.717, 1.165) is 29.6 Å². The Morgan fingerprint density at radius 1 is 1.14 bits per heavy atom. The van der Waals surface area contributed by atoms with E-state index >= 15 is 0 Å². The van der Waals surface area contributed by atoms with Crippen LogP contribution in [0.25, 0.3) is 11.0 Å². The fourth-order valence-electron chi connectivity index (χ4n) is 3.94. The van der Waals surface area contributed by atoms with Gasteiger partial charge in [-0.2, -0.15) is 0 Å². The third-order valence-electron chi connectivity index (χ3n) is 5.57. The molecule has 2 heterocycles. The zero-order valence-electron chi connectivity index (χ0n) is 15.7. The Bertz CT molecular complexity index is 946. The van der Waals surface area contributed by atoms with Crippen molar-refractivity contribution in [3.05, 3.63) is 65.4 Å². The lowest BCUT2D eigenvalue weighted by atomic mass is 9.73. The maximum atomic E-state index is 13.2. The van der Waals surface area contributed by atoms with Crippen LogP contribution >= 0.6 is 11.6 Å². The summed E-state index contributed by atoms with van der Waals surface area (Å²) in [5.74, 6) is 0.0774. The molecule has 3 aromatic rings. The van der Waals surface area contributed by atoms with Crippen LogP contribution in [0.4, 0.5) is 0 Å². The molecule has 1 amide bonds. The van der Waals surface area contributed by atoms with Crippen LogP contribution in [0.3, 0.4) is 0 Å². The number of imidazole rings is 1. The Balaban J connectivity index is 1.40. The van der Waals surface area contributed by atoms with Crippen LogP contribution in [0.2, 0.25) is 5.02 Å². The summed E-state index contributed by atoms with van der Waals surface area (Å²) in [6.45, 7) is 2.63. The molecule has 0 unspecified atom stereocenters. The molecule has 5 nitrogen and oxygen atoms in total. The average molecular weight is 398 g/mol. The maximum Gasteiger partial charge on any atom is 0.230 e. The van der Waals surface area contributed by atoms with Gasteiger partial charge >= 0.3 is 0 Å². The van der Waals surface area contributed by atoms with Crippen LogP contribution in [-0.4, -0.2) is 35.2 Å². The second-order valence-corrected chi connectivity index (χ2v) is 7.67. The van der Waals surface area contributed by atoms with E-state index in [0.29, 0.717) is 37.6 Å². The van der Waals surface area contributed by atoms with E-state index < -0.39 is 5.41 Å². The Labute approximate surface area is 169 Å². The summed E-state index contributed by atoms with van der Waals surface area (Å²) in [7, 11) is 0. The second kappa shape index (κ2) is 8.33. The highest BCUT2D eigenvalue weighted by molar-refractivity contribution is 6.30. The molecule has 6 heteroatoms. The van der Waals surface area contributed by atoms with Crippen LogP contribution in [0.15, 0.2) is 54.9 Å². The number of ether oxygens (including phenoxy) is 1. The minimum atomic E-state index is -0.537. The molecular weight excluding hydrogens is 374 g/mol. The Kier molecular flexibility index (Phi) is 5.64. The lowest BCUT2D eigenvalue weighted by Crippen LogP contribution is -2.48. The van der Waals surface area contributed by atoms with Gasteiger partial charge in [0.15, 0.2) is 0 Å². The van der Waals surface area contributed by atoms with Crippen LogP contribution in [0.1, 0.15) is 24.8 Å². The van der Waals surface area contributed by atoms with Gasteiger partial charge in [-0.15, -0.1) is 0 Å². The molecule has 1 fully saturated rings. The lowest BCUT2D eigenvalue weighted by molar-refractivity contribution is -0.130. The standard InChI is InChI=1S/C22H24ClN3O2/c23-18-8-6-17(7-9-18)22(10-14-28-15-11-22)21(27)24-12-3-13-26-16-25-19-4-1-2-5-20(19)26/h1-2,4-9,16H,3,10-15H2,(H,24,27). The van der Waals surface area contributed by atoms with E-state index in [9.17, 15) is 4.79 Å². The van der Waals surface area contributed by atoms with Crippen molar-refractivity contribution in [1.82, 2.24) is 14.9 Å². The zero-order chi connectivity index (χ0) is 19.4. The molecule has 0 spiro atoms. The highest BCUT2D eigenvalue weighted by Gasteiger charge is 2.41. The first-order valence-electron chi connectivity index (χ1n) is 9.71. The number of benzene rings is 2. The summed E-state index contributed by atoms with van der Waals surface area (Å²) in [6.07, 6.45) is 4.08. The highest BCUT2D eigenvalue weighted by atomic mass is 35.5. The molecule has 0 atom stereocenters. The molecule has 146 valence electrons. The number of nitrogens with one attached hydrogen (secondary N) is 1. The van der Waals surface area contributed by atoms with Gasteiger partial charge < -0.3 is 14.6 Å². The summed E-state index contributed by atoms with van der Waals surface area (Å²) in [5.41, 5.74) is 2.59. The quantitative estimate of drug-likeness (QED) is 0.641. The van der Waals surface area contributed by atoms with Crippen molar-refractivity contribution in [1.29, 1.82) is 0 Å². The molecule has 1 N–H and O–H groups in total. The van der Waals surface area contributed by atoms with Crippen molar-refractivity contribution in [2.45, 2.75) is 31.2 Å². The van der Waals surface area contributed by atoms with Crippen molar-refractivity contribution in [3.63, 3.8) is 0 Å². The van der Waals surface area contributed by atoms with E-state index in [2.05, 4.69) is 20.9 Å². The summed E-state index contributed by atoms with van der Waals surface area (Å²) >= 11 is 6.04. The van der Waals surface area contributed by atoms with Gasteiger partial charge in [-0.05, 0) is 49.1 Å². The second-order valence-electron chi connectivity index (χ2n) is 7.24. The topological polar surface area (TPSA) is 56.2 Å². The predicted molar refractivity (Wildman–Crippen MR) is 111 cm³/mol. The fraction of sp³-hybridized carbons (Fsp3) is 0.364. The van der Waals surface area contributed by atoms with Gasteiger partial charge in [-0.1, -0.05) is 35.9 Å². The molecule has 1 saturated heterocycles. The number of para-hydroxylation sites is 2. The van der Waals surface area contributed by atoms with Crippen LogP contribution < -0.4 is 5.32 Å². The number of rotatable bonds is 6. The van der Waals surface area contributed by atoms with E-state index in [1.54, 1.807) is 0 Å². The summed E-state index contributed by atoms with van der Waals surface area (Å²) in [6, 6.07) is 15.7. The molecule has 1 aliphatic heterocycles. The van der Waals surface area contributed by atoms with Crippen LogP contribution in [0.5, 0.6) is 0 Å². The molecular formula is C22H24ClN3O2. The van der Waals surface area contributed by atoms with Gasteiger partial charge in [0.1, 0.15) is 0 Å². The first-order valence-corrected chi connectivity index (χ1v) is 10.1. The number of hydrogen-bond acceptors (Lipinski definition) is 3. The first kappa shape index (κ1) is 19.0.